The molecule has 162 valence electrons. The van der Waals surface area contributed by atoms with Gasteiger partial charge in [0.05, 0.1) is 6.54 Å². The van der Waals surface area contributed by atoms with Crippen molar-refractivity contribution >= 4 is 54.5 Å². The summed E-state index contributed by atoms with van der Waals surface area (Å²) >= 11 is 0. The van der Waals surface area contributed by atoms with Crippen LogP contribution in [0.4, 0.5) is 11.4 Å². The number of amides is 1. The van der Waals surface area contributed by atoms with E-state index in [1.165, 1.54) is 5.56 Å². The number of carbonyl (C=O) groups is 1. The molecule has 1 aliphatic rings. The number of likely N-dealkylation sites (N-methyl/N-ethyl adjacent to an activating group) is 1. The third-order valence-corrected chi connectivity index (χ3v) is 4.78. The van der Waals surface area contributed by atoms with Crippen molar-refractivity contribution in [2.45, 2.75) is 13.5 Å². The van der Waals surface area contributed by atoms with Crippen LogP contribution in [0.15, 0.2) is 54.6 Å². The second-order valence-corrected chi connectivity index (χ2v) is 6.68. The summed E-state index contributed by atoms with van der Waals surface area (Å²) in [6.07, 6.45) is 0. The topological polar surface area (TPSA) is 47.6 Å². The average Bonchev–Trinajstić information content (AvgIpc) is 2.69. The molecule has 5 nitrogen and oxygen atoms in total. The van der Waals surface area contributed by atoms with Gasteiger partial charge in [0.1, 0.15) is 0 Å². The van der Waals surface area contributed by atoms with E-state index in [2.05, 4.69) is 39.5 Å². The molecule has 1 heterocycles. The molecule has 2 N–H and O–H groups in total. The largest absolute Gasteiger partial charge is 0.376 e. The van der Waals surface area contributed by atoms with Crippen LogP contribution < -0.4 is 10.6 Å². The highest BCUT2D eigenvalue weighted by Crippen LogP contribution is 2.13. The fraction of sp³-hybridized carbons (Fsp3) is 0.381. The van der Waals surface area contributed by atoms with Crippen LogP contribution in [0.1, 0.15) is 12.5 Å². The fourth-order valence-electron chi connectivity index (χ4n) is 3.16. The van der Waals surface area contributed by atoms with Crippen LogP contribution in [0, 0.1) is 0 Å². The number of anilines is 2. The van der Waals surface area contributed by atoms with Crippen LogP contribution in [-0.2, 0) is 11.3 Å². The number of hydrogen-bond donors (Lipinski definition) is 2. The van der Waals surface area contributed by atoms with E-state index in [0.717, 1.165) is 50.6 Å². The Morgan fingerprint density at radius 3 is 2.00 bits per heavy atom. The van der Waals surface area contributed by atoms with Gasteiger partial charge in [-0.05, 0) is 36.4 Å². The summed E-state index contributed by atoms with van der Waals surface area (Å²) in [5.41, 5.74) is 3.07. The van der Waals surface area contributed by atoms with Crippen LogP contribution >= 0.6 is 37.2 Å². The van der Waals surface area contributed by atoms with Gasteiger partial charge in [0, 0.05) is 44.1 Å². The molecule has 1 saturated heterocycles. The number of nitrogens with zero attached hydrogens (tertiary/aromatic N) is 2. The summed E-state index contributed by atoms with van der Waals surface area (Å²) in [6, 6.07) is 17.9. The first kappa shape index (κ1) is 27.5. The van der Waals surface area contributed by atoms with E-state index < -0.39 is 0 Å². The zero-order valence-corrected chi connectivity index (χ0v) is 19.1. The van der Waals surface area contributed by atoms with Crippen LogP contribution in [0.25, 0.3) is 0 Å². The summed E-state index contributed by atoms with van der Waals surface area (Å²) in [7, 11) is 0. The first-order valence-corrected chi connectivity index (χ1v) is 9.35. The zero-order chi connectivity index (χ0) is 18.2. The highest BCUT2D eigenvalue weighted by Gasteiger charge is 2.15. The molecule has 1 fully saturated rings. The molecule has 2 aromatic carbocycles. The summed E-state index contributed by atoms with van der Waals surface area (Å²) in [4.78, 5) is 17.0. The minimum Gasteiger partial charge on any atom is -0.376 e. The summed E-state index contributed by atoms with van der Waals surface area (Å²) in [5, 5.41) is 6.05. The Labute approximate surface area is 192 Å². The lowest BCUT2D eigenvalue weighted by Gasteiger charge is -2.34. The molecule has 29 heavy (non-hydrogen) atoms. The van der Waals surface area contributed by atoms with Gasteiger partial charge in [-0.1, -0.05) is 37.3 Å². The van der Waals surface area contributed by atoms with Gasteiger partial charge in [0.15, 0.2) is 0 Å². The first-order valence-electron chi connectivity index (χ1n) is 9.35. The number of piperazine rings is 1. The van der Waals surface area contributed by atoms with Gasteiger partial charge in [-0.2, -0.15) is 0 Å². The molecule has 0 aromatic heterocycles. The molecule has 0 spiro atoms. The predicted molar refractivity (Wildman–Crippen MR) is 129 cm³/mol. The van der Waals surface area contributed by atoms with E-state index in [1.807, 2.05) is 42.5 Å². The van der Waals surface area contributed by atoms with Crippen LogP contribution in [0.2, 0.25) is 0 Å². The van der Waals surface area contributed by atoms with Gasteiger partial charge >= 0.3 is 0 Å². The standard InChI is InChI=1S/C21H28N4O.3ClH/c1-2-24-12-14-25(15-13-24)17-18-8-10-20(11-9-18)23-21(26)16-22-19-6-4-3-5-7-19;;;/h3-11,22H,2,12-17H2,1H3,(H,23,26);3*1H. The highest BCUT2D eigenvalue weighted by atomic mass is 35.5. The molecule has 0 atom stereocenters. The molecule has 3 rings (SSSR count). The minimum atomic E-state index is -0.0442. The number of para-hydroxylation sites is 1. The van der Waals surface area contributed by atoms with Gasteiger partial charge in [-0.3, -0.25) is 9.69 Å². The number of rotatable bonds is 7. The number of halogens is 3. The SMILES string of the molecule is CCN1CCN(Cc2ccc(NC(=O)CNc3ccccc3)cc2)CC1.Cl.Cl.Cl. The third-order valence-electron chi connectivity index (χ3n) is 4.78. The molecule has 1 amide bonds. The Kier molecular flexibility index (Phi) is 13.7. The molecule has 0 unspecified atom stereocenters. The van der Waals surface area contributed by atoms with E-state index in [4.69, 9.17) is 0 Å². The maximum Gasteiger partial charge on any atom is 0.243 e. The predicted octanol–water partition coefficient (Wildman–Crippen LogP) is 4.14. The number of nitrogens with one attached hydrogen (secondary N) is 2. The fourth-order valence-corrected chi connectivity index (χ4v) is 3.16. The van der Waals surface area contributed by atoms with E-state index >= 15 is 0 Å². The van der Waals surface area contributed by atoms with Crippen molar-refractivity contribution in [3.8, 4) is 0 Å². The van der Waals surface area contributed by atoms with Crippen LogP contribution in [0.3, 0.4) is 0 Å². The number of hydrogen-bond acceptors (Lipinski definition) is 4. The average molecular weight is 462 g/mol. The zero-order valence-electron chi connectivity index (χ0n) is 16.7. The molecule has 2 aromatic rings. The van der Waals surface area contributed by atoms with Crippen molar-refractivity contribution in [1.29, 1.82) is 0 Å². The Morgan fingerprint density at radius 2 is 1.41 bits per heavy atom. The van der Waals surface area contributed by atoms with Crippen LogP contribution in [0.5, 0.6) is 0 Å². The molecule has 1 aliphatic heterocycles. The van der Waals surface area contributed by atoms with E-state index in [-0.39, 0.29) is 49.7 Å². The lowest BCUT2D eigenvalue weighted by atomic mass is 10.1. The van der Waals surface area contributed by atoms with Crippen molar-refractivity contribution in [1.82, 2.24) is 9.80 Å². The summed E-state index contributed by atoms with van der Waals surface area (Å²) in [6.45, 7) is 9.14. The smallest absolute Gasteiger partial charge is 0.243 e. The minimum absolute atomic E-state index is 0. The molecular weight excluding hydrogens is 431 g/mol. The molecule has 0 radical (unpaired) electrons. The van der Waals surface area contributed by atoms with Crippen molar-refractivity contribution in [2.75, 3.05) is 49.9 Å². The van der Waals surface area contributed by atoms with E-state index in [1.54, 1.807) is 0 Å². The van der Waals surface area contributed by atoms with Gasteiger partial charge in [-0.15, -0.1) is 37.2 Å². The Morgan fingerprint density at radius 1 is 0.828 bits per heavy atom. The van der Waals surface area contributed by atoms with Crippen molar-refractivity contribution in [2.24, 2.45) is 0 Å². The Hall–Kier alpha value is -1.50. The quantitative estimate of drug-likeness (QED) is 0.650. The van der Waals surface area contributed by atoms with Gasteiger partial charge in [0.25, 0.3) is 0 Å². The first-order chi connectivity index (χ1) is 12.7. The molecule has 0 bridgehead atoms. The number of carbonyl (C=O) groups excluding carboxylic acids is 1. The van der Waals surface area contributed by atoms with Gasteiger partial charge < -0.3 is 15.5 Å². The third kappa shape index (κ3) is 9.24. The van der Waals surface area contributed by atoms with Crippen LogP contribution in [-0.4, -0.2) is 55.0 Å². The lowest BCUT2D eigenvalue weighted by Crippen LogP contribution is -2.45. The molecule has 8 heteroatoms. The van der Waals surface area contributed by atoms with E-state index in [9.17, 15) is 4.79 Å². The van der Waals surface area contributed by atoms with E-state index in [0.29, 0.717) is 0 Å². The Bertz CT molecular complexity index is 693. The number of benzene rings is 2. The summed E-state index contributed by atoms with van der Waals surface area (Å²) < 4.78 is 0. The Balaban J connectivity index is 0.00000261. The maximum absolute atomic E-state index is 12.1. The monoisotopic (exact) mass is 460 g/mol. The highest BCUT2D eigenvalue weighted by molar-refractivity contribution is 5.93. The van der Waals surface area contributed by atoms with Gasteiger partial charge in [0.2, 0.25) is 5.91 Å². The van der Waals surface area contributed by atoms with Crippen molar-refractivity contribution in [3.63, 3.8) is 0 Å². The lowest BCUT2D eigenvalue weighted by molar-refractivity contribution is -0.114. The second kappa shape index (κ2) is 14.5. The summed E-state index contributed by atoms with van der Waals surface area (Å²) in [5.74, 6) is -0.0442. The van der Waals surface area contributed by atoms with Crippen molar-refractivity contribution in [3.05, 3.63) is 60.2 Å². The molecule has 0 aliphatic carbocycles. The second-order valence-electron chi connectivity index (χ2n) is 6.68. The maximum atomic E-state index is 12.1. The normalized spacial score (nSPS) is 14.0. The van der Waals surface area contributed by atoms with Crippen molar-refractivity contribution < 1.29 is 4.79 Å². The van der Waals surface area contributed by atoms with Gasteiger partial charge in [-0.25, -0.2) is 0 Å². The molecular formula is C21H31Cl3N4O. The molecule has 0 saturated carbocycles.